The summed E-state index contributed by atoms with van der Waals surface area (Å²) in [6, 6.07) is 0. The predicted molar refractivity (Wildman–Crippen MR) is 88.6 cm³/mol. The molecule has 0 aromatic heterocycles. The van der Waals surface area contributed by atoms with Crippen molar-refractivity contribution in [1.29, 1.82) is 0 Å². The van der Waals surface area contributed by atoms with Gasteiger partial charge < -0.3 is 9.47 Å². The van der Waals surface area contributed by atoms with Crippen molar-refractivity contribution in [3.05, 3.63) is 48.6 Å². The van der Waals surface area contributed by atoms with Crippen molar-refractivity contribution in [1.82, 2.24) is 0 Å². The molecule has 0 saturated carbocycles. The highest BCUT2D eigenvalue weighted by atomic mass is 16.6. The van der Waals surface area contributed by atoms with E-state index in [9.17, 15) is 19.2 Å². The molecule has 6 nitrogen and oxygen atoms in total. The van der Waals surface area contributed by atoms with E-state index in [-0.39, 0.29) is 12.8 Å². The van der Waals surface area contributed by atoms with E-state index in [0.29, 0.717) is 12.8 Å². The summed E-state index contributed by atoms with van der Waals surface area (Å²) in [6.45, 7) is 3.58. The van der Waals surface area contributed by atoms with Gasteiger partial charge in [0.05, 0.1) is 0 Å². The number of carbonyl (C=O) groups excluding carboxylic acids is 4. The summed E-state index contributed by atoms with van der Waals surface area (Å²) in [5.41, 5.74) is 0. The molecule has 0 spiro atoms. The van der Waals surface area contributed by atoms with Crippen LogP contribution in [0, 0.1) is 0 Å². The minimum Gasteiger partial charge on any atom is -0.390 e. The fourth-order valence-corrected chi connectivity index (χ4v) is 1.42. The Morgan fingerprint density at radius 2 is 1.04 bits per heavy atom. The van der Waals surface area contributed by atoms with E-state index < -0.39 is 23.9 Å². The molecular weight excluding hydrogens is 312 g/mol. The van der Waals surface area contributed by atoms with E-state index in [0.717, 1.165) is 12.2 Å². The van der Waals surface area contributed by atoms with Crippen LogP contribution in [0.5, 0.6) is 0 Å². The van der Waals surface area contributed by atoms with E-state index in [1.54, 1.807) is 38.2 Å². The lowest BCUT2D eigenvalue weighted by Gasteiger charge is -2.01. The fourth-order valence-electron chi connectivity index (χ4n) is 1.42. The normalized spacial score (nSPS) is 11.6. The largest absolute Gasteiger partial charge is 0.390 e. The molecule has 0 amide bonds. The number of hydrogen-bond donors (Lipinski definition) is 0. The van der Waals surface area contributed by atoms with Crippen molar-refractivity contribution in [3.63, 3.8) is 0 Å². The van der Waals surface area contributed by atoms with Gasteiger partial charge in [-0.15, -0.1) is 0 Å². The molecule has 0 saturated heterocycles. The first-order valence-corrected chi connectivity index (χ1v) is 7.57. The third-order valence-electron chi connectivity index (χ3n) is 2.51. The maximum atomic E-state index is 11.4. The Morgan fingerprint density at radius 1 is 0.667 bits per heavy atom. The second kappa shape index (κ2) is 13.9. The number of esters is 4. The maximum absolute atomic E-state index is 11.4. The summed E-state index contributed by atoms with van der Waals surface area (Å²) in [5.74, 6) is -2.81. The van der Waals surface area contributed by atoms with Crippen LogP contribution in [0.2, 0.25) is 0 Å². The van der Waals surface area contributed by atoms with Gasteiger partial charge in [-0.3, -0.25) is 9.59 Å². The second-order valence-corrected chi connectivity index (χ2v) is 4.56. The Morgan fingerprint density at radius 3 is 1.38 bits per heavy atom. The first-order valence-electron chi connectivity index (χ1n) is 7.57. The Kier molecular flexibility index (Phi) is 12.3. The van der Waals surface area contributed by atoms with Crippen molar-refractivity contribution in [2.75, 3.05) is 0 Å². The summed E-state index contributed by atoms with van der Waals surface area (Å²) in [7, 11) is 0. The summed E-state index contributed by atoms with van der Waals surface area (Å²) >= 11 is 0. The van der Waals surface area contributed by atoms with Gasteiger partial charge in [-0.25, -0.2) is 9.59 Å². The van der Waals surface area contributed by atoms with Gasteiger partial charge in [0.1, 0.15) is 0 Å². The van der Waals surface area contributed by atoms with Crippen LogP contribution in [0.15, 0.2) is 48.6 Å². The standard InChI is InChI=1S/C18H22O6/c1-3-5-7-11-15(19)23-17(21)13-9-10-14-18(22)24-16(20)12-8-6-4-2/h3-8,11-12H,9-10,13-14H2,1-2H3/b5-3+,6-4+,11-7+,12-8+. The summed E-state index contributed by atoms with van der Waals surface area (Å²) in [4.78, 5) is 45.2. The Labute approximate surface area is 141 Å². The first-order chi connectivity index (χ1) is 11.5. The molecule has 0 fully saturated rings. The molecule has 0 radical (unpaired) electrons. The molecule has 0 bridgehead atoms. The van der Waals surface area contributed by atoms with Crippen LogP contribution in [0.3, 0.4) is 0 Å². The highest BCUT2D eigenvalue weighted by Crippen LogP contribution is 2.04. The number of rotatable bonds is 9. The third-order valence-corrected chi connectivity index (χ3v) is 2.51. The molecule has 6 heteroatoms. The maximum Gasteiger partial charge on any atom is 0.338 e. The molecule has 0 aliphatic carbocycles. The van der Waals surface area contributed by atoms with Crippen molar-refractivity contribution < 1.29 is 28.7 Å². The molecule has 0 rings (SSSR count). The Balaban J connectivity index is 3.88. The van der Waals surface area contributed by atoms with Gasteiger partial charge in [0.25, 0.3) is 0 Å². The van der Waals surface area contributed by atoms with Gasteiger partial charge in [-0.2, -0.15) is 0 Å². The average molecular weight is 334 g/mol. The van der Waals surface area contributed by atoms with Crippen LogP contribution < -0.4 is 0 Å². The van der Waals surface area contributed by atoms with Crippen LogP contribution in [0.25, 0.3) is 0 Å². The molecule has 0 unspecified atom stereocenters. The summed E-state index contributed by atoms with van der Waals surface area (Å²) < 4.78 is 9.08. The van der Waals surface area contributed by atoms with Gasteiger partial charge in [0.15, 0.2) is 0 Å². The molecule has 0 aromatic carbocycles. The van der Waals surface area contributed by atoms with Gasteiger partial charge in [0, 0.05) is 25.0 Å². The van der Waals surface area contributed by atoms with E-state index in [1.807, 2.05) is 0 Å². The quantitative estimate of drug-likeness (QED) is 0.212. The van der Waals surface area contributed by atoms with Gasteiger partial charge >= 0.3 is 23.9 Å². The molecular formula is C18H22O6. The molecule has 24 heavy (non-hydrogen) atoms. The lowest BCUT2D eigenvalue weighted by Crippen LogP contribution is -2.11. The summed E-state index contributed by atoms with van der Waals surface area (Å²) in [6.07, 6.45) is 12.6. The average Bonchev–Trinajstić information content (AvgIpc) is 2.52. The zero-order valence-corrected chi connectivity index (χ0v) is 13.9. The van der Waals surface area contributed by atoms with Crippen LogP contribution in [-0.4, -0.2) is 23.9 Å². The minimum absolute atomic E-state index is 0.00558. The van der Waals surface area contributed by atoms with Crippen LogP contribution in [0.4, 0.5) is 0 Å². The molecule has 0 atom stereocenters. The lowest BCUT2D eigenvalue weighted by atomic mass is 10.2. The van der Waals surface area contributed by atoms with Gasteiger partial charge in [0.2, 0.25) is 0 Å². The molecule has 0 heterocycles. The summed E-state index contributed by atoms with van der Waals surface area (Å²) in [5, 5.41) is 0. The van der Waals surface area contributed by atoms with Crippen molar-refractivity contribution in [2.24, 2.45) is 0 Å². The molecule has 130 valence electrons. The van der Waals surface area contributed by atoms with Crippen molar-refractivity contribution in [2.45, 2.75) is 39.5 Å². The van der Waals surface area contributed by atoms with Gasteiger partial charge in [-0.1, -0.05) is 36.5 Å². The molecule has 0 N–H and O–H groups in total. The molecule has 0 aromatic rings. The number of hydrogen-bond acceptors (Lipinski definition) is 6. The Bertz CT molecular complexity index is 502. The predicted octanol–water partition coefficient (Wildman–Crippen LogP) is 2.95. The molecule has 0 aliphatic rings. The number of unbranched alkanes of at least 4 members (excludes halogenated alkanes) is 1. The highest BCUT2D eigenvalue weighted by Gasteiger charge is 2.10. The smallest absolute Gasteiger partial charge is 0.338 e. The first kappa shape index (κ1) is 21.2. The number of carbonyl (C=O) groups is 4. The van der Waals surface area contributed by atoms with E-state index in [4.69, 9.17) is 0 Å². The topological polar surface area (TPSA) is 86.7 Å². The van der Waals surface area contributed by atoms with E-state index >= 15 is 0 Å². The van der Waals surface area contributed by atoms with Crippen molar-refractivity contribution in [3.8, 4) is 0 Å². The Hall–Kier alpha value is -2.76. The van der Waals surface area contributed by atoms with Crippen LogP contribution in [0.1, 0.15) is 39.5 Å². The monoisotopic (exact) mass is 334 g/mol. The zero-order valence-electron chi connectivity index (χ0n) is 13.9. The van der Waals surface area contributed by atoms with E-state index in [2.05, 4.69) is 9.47 Å². The second-order valence-electron chi connectivity index (χ2n) is 4.56. The highest BCUT2D eigenvalue weighted by molar-refractivity contribution is 5.92. The number of ether oxygens (including phenoxy) is 2. The zero-order chi connectivity index (χ0) is 18.2. The van der Waals surface area contributed by atoms with Crippen LogP contribution in [-0.2, 0) is 28.7 Å². The minimum atomic E-state index is -0.740. The van der Waals surface area contributed by atoms with Crippen LogP contribution >= 0.6 is 0 Å². The SMILES string of the molecule is C/C=C/C=C/C(=O)OC(=O)CCCCC(=O)OC(=O)/C=C/C=C/C. The van der Waals surface area contributed by atoms with Crippen molar-refractivity contribution >= 4 is 23.9 Å². The molecule has 0 aliphatic heterocycles. The van der Waals surface area contributed by atoms with Gasteiger partial charge in [-0.05, 0) is 26.7 Å². The number of allylic oxidation sites excluding steroid dienone is 6. The van der Waals surface area contributed by atoms with E-state index in [1.165, 1.54) is 12.2 Å². The lowest BCUT2D eigenvalue weighted by molar-refractivity contribution is -0.158. The fraction of sp³-hybridized carbons (Fsp3) is 0.333. The third kappa shape index (κ3) is 12.9.